The second-order valence-electron chi connectivity index (χ2n) is 4.76. The topological polar surface area (TPSA) is 32.9 Å². The summed E-state index contributed by atoms with van der Waals surface area (Å²) < 4.78 is 0. The van der Waals surface area contributed by atoms with Gasteiger partial charge >= 0.3 is 0 Å². The fourth-order valence-corrected chi connectivity index (χ4v) is 2.84. The summed E-state index contributed by atoms with van der Waals surface area (Å²) in [5.74, 6) is 0.269. The highest BCUT2D eigenvalue weighted by Gasteiger charge is 2.24. The van der Waals surface area contributed by atoms with Gasteiger partial charge in [0.25, 0.3) is 0 Å². The molecule has 92 valence electrons. The van der Waals surface area contributed by atoms with E-state index in [4.69, 9.17) is 11.6 Å². The zero-order valence-corrected chi connectivity index (χ0v) is 11.0. The molecule has 0 bridgehead atoms. The Balaban J connectivity index is 2.16. The van der Waals surface area contributed by atoms with Crippen LogP contribution in [0.5, 0.6) is 0 Å². The summed E-state index contributed by atoms with van der Waals surface area (Å²) in [5, 5.41) is 0.729. The molecule has 0 amide bonds. The molecule has 0 unspecified atom stereocenters. The maximum absolute atomic E-state index is 12.0. The lowest BCUT2D eigenvalue weighted by atomic mass is 9.90. The zero-order chi connectivity index (χ0) is 12.7. The second-order valence-corrected chi connectivity index (χ2v) is 5.20. The number of rotatable bonds is 1. The van der Waals surface area contributed by atoms with Crippen molar-refractivity contribution in [2.45, 2.75) is 26.2 Å². The minimum absolute atomic E-state index is 0.269. The highest BCUT2D eigenvalue weighted by atomic mass is 35.5. The van der Waals surface area contributed by atoms with Crippen LogP contribution in [0.4, 0.5) is 0 Å². The van der Waals surface area contributed by atoms with Gasteiger partial charge in [-0.25, -0.2) is 0 Å². The fraction of sp³-hybridized carbons (Fsp3) is 0.267. The van der Waals surface area contributed by atoms with E-state index in [-0.39, 0.29) is 5.78 Å². The number of aryl methyl sites for hydroxylation is 1. The summed E-state index contributed by atoms with van der Waals surface area (Å²) in [5.41, 5.74) is 5.24. The fourth-order valence-electron chi connectivity index (χ4n) is 2.72. The molecule has 0 fully saturated rings. The lowest BCUT2D eigenvalue weighted by Gasteiger charge is -2.12. The van der Waals surface area contributed by atoms with E-state index in [2.05, 4.69) is 4.98 Å². The lowest BCUT2D eigenvalue weighted by Crippen LogP contribution is -2.09. The first-order valence-corrected chi connectivity index (χ1v) is 6.55. The highest BCUT2D eigenvalue weighted by Crippen LogP contribution is 2.33. The van der Waals surface area contributed by atoms with Crippen LogP contribution in [0.3, 0.4) is 0 Å². The van der Waals surface area contributed by atoms with Crippen molar-refractivity contribution in [1.29, 1.82) is 0 Å². The molecular weight excluding hydrogens is 246 g/mol. The summed E-state index contributed by atoms with van der Waals surface area (Å²) in [7, 11) is 0. The van der Waals surface area contributed by atoms with Crippen molar-refractivity contribution < 1.29 is 4.79 Å². The van der Waals surface area contributed by atoms with Gasteiger partial charge in [0.05, 0.1) is 0 Å². The van der Waals surface area contributed by atoms with Gasteiger partial charge in [-0.2, -0.15) is 0 Å². The van der Waals surface area contributed by atoms with Crippen LogP contribution in [0.1, 0.15) is 34.5 Å². The van der Waals surface area contributed by atoms with Gasteiger partial charge in [-0.1, -0.05) is 23.7 Å². The van der Waals surface area contributed by atoms with Gasteiger partial charge < -0.3 is 4.98 Å². The van der Waals surface area contributed by atoms with E-state index in [1.165, 1.54) is 5.56 Å². The number of benzene rings is 1. The number of aromatic amines is 1. The van der Waals surface area contributed by atoms with Gasteiger partial charge in [-0.3, -0.25) is 4.79 Å². The predicted octanol–water partition coefficient (Wildman–Crippen LogP) is 4.16. The Morgan fingerprint density at radius 1 is 1.17 bits per heavy atom. The van der Waals surface area contributed by atoms with Crippen molar-refractivity contribution in [3.63, 3.8) is 0 Å². The van der Waals surface area contributed by atoms with E-state index in [9.17, 15) is 4.79 Å². The van der Waals surface area contributed by atoms with Gasteiger partial charge in [-0.15, -0.1) is 0 Å². The molecule has 0 spiro atoms. The monoisotopic (exact) mass is 259 g/mol. The Hall–Kier alpha value is -1.54. The molecular formula is C15H14ClNO. The number of hydrogen-bond acceptors (Lipinski definition) is 1. The molecule has 1 N–H and O–H groups in total. The molecule has 1 aliphatic rings. The maximum Gasteiger partial charge on any atom is 0.164 e. The van der Waals surface area contributed by atoms with E-state index < -0.39 is 0 Å². The minimum Gasteiger partial charge on any atom is -0.358 e. The lowest BCUT2D eigenvalue weighted by molar-refractivity contribution is 0.0972. The van der Waals surface area contributed by atoms with Crippen LogP contribution >= 0.6 is 11.6 Å². The second kappa shape index (κ2) is 4.29. The highest BCUT2D eigenvalue weighted by molar-refractivity contribution is 6.30. The van der Waals surface area contributed by atoms with Crippen molar-refractivity contribution in [2.75, 3.05) is 0 Å². The van der Waals surface area contributed by atoms with Gasteiger partial charge in [0.2, 0.25) is 0 Å². The molecule has 1 aromatic heterocycles. The van der Waals surface area contributed by atoms with Crippen LogP contribution in [0.15, 0.2) is 24.3 Å². The largest absolute Gasteiger partial charge is 0.358 e. The van der Waals surface area contributed by atoms with E-state index in [0.717, 1.165) is 40.4 Å². The molecule has 0 radical (unpaired) electrons. The average Bonchev–Trinajstić information content (AvgIpc) is 2.69. The number of ketones is 1. The van der Waals surface area contributed by atoms with Crippen LogP contribution in [0.25, 0.3) is 11.3 Å². The van der Waals surface area contributed by atoms with Gasteiger partial charge in [0, 0.05) is 28.4 Å². The normalized spacial score (nSPS) is 14.7. The summed E-state index contributed by atoms with van der Waals surface area (Å²) >= 11 is 5.91. The Morgan fingerprint density at radius 3 is 2.61 bits per heavy atom. The van der Waals surface area contributed by atoms with Crippen LogP contribution in [0.2, 0.25) is 5.02 Å². The molecule has 1 aromatic carbocycles. The molecule has 2 aromatic rings. The number of Topliss-reactive ketones (excluding diaryl/α,β-unsaturated/α-hetero) is 1. The van der Waals surface area contributed by atoms with Gasteiger partial charge in [0.1, 0.15) is 0 Å². The maximum atomic E-state index is 12.0. The number of nitrogens with one attached hydrogen (secondary N) is 1. The summed E-state index contributed by atoms with van der Waals surface area (Å²) in [6.07, 6.45) is 2.60. The molecule has 1 heterocycles. The molecule has 2 nitrogen and oxygen atoms in total. The van der Waals surface area contributed by atoms with Crippen molar-refractivity contribution in [2.24, 2.45) is 0 Å². The number of carbonyl (C=O) groups excluding carboxylic acids is 1. The molecule has 18 heavy (non-hydrogen) atoms. The number of carbonyl (C=O) groups is 1. The third-order valence-electron chi connectivity index (χ3n) is 3.53. The minimum atomic E-state index is 0.269. The van der Waals surface area contributed by atoms with Crippen molar-refractivity contribution in [3.05, 3.63) is 46.1 Å². The molecule has 0 saturated heterocycles. The number of aromatic nitrogens is 1. The van der Waals surface area contributed by atoms with Crippen LogP contribution in [-0.2, 0) is 6.42 Å². The van der Waals surface area contributed by atoms with Crippen LogP contribution in [0, 0.1) is 6.92 Å². The zero-order valence-electron chi connectivity index (χ0n) is 10.2. The molecule has 3 rings (SSSR count). The standard InChI is InChI=1S/C15H14ClNO/c1-9-14-12(3-2-4-13(14)18)15(17-9)10-5-7-11(16)8-6-10/h5-8,17H,2-4H2,1H3. The summed E-state index contributed by atoms with van der Waals surface area (Å²) in [6.45, 7) is 1.97. The number of fused-ring (bicyclic) bond motifs is 1. The van der Waals surface area contributed by atoms with E-state index in [0.29, 0.717) is 6.42 Å². The van der Waals surface area contributed by atoms with Crippen molar-refractivity contribution >= 4 is 17.4 Å². The average molecular weight is 260 g/mol. The smallest absolute Gasteiger partial charge is 0.164 e. The van der Waals surface area contributed by atoms with E-state index in [1.54, 1.807) is 0 Å². The summed E-state index contributed by atoms with van der Waals surface area (Å²) in [6, 6.07) is 7.74. The van der Waals surface area contributed by atoms with E-state index >= 15 is 0 Å². The predicted molar refractivity (Wildman–Crippen MR) is 73.2 cm³/mol. The summed E-state index contributed by atoms with van der Waals surface area (Å²) in [4.78, 5) is 15.3. The third kappa shape index (κ3) is 1.77. The first-order valence-electron chi connectivity index (χ1n) is 6.17. The van der Waals surface area contributed by atoms with E-state index in [1.807, 2.05) is 31.2 Å². The first-order chi connectivity index (χ1) is 8.66. The third-order valence-corrected chi connectivity index (χ3v) is 3.79. The number of hydrogen-bond donors (Lipinski definition) is 1. The molecule has 3 heteroatoms. The first kappa shape index (κ1) is 11.5. The number of halogens is 1. The van der Waals surface area contributed by atoms with Crippen molar-refractivity contribution in [1.82, 2.24) is 4.98 Å². The van der Waals surface area contributed by atoms with Crippen molar-refractivity contribution in [3.8, 4) is 11.3 Å². The van der Waals surface area contributed by atoms with Gasteiger partial charge in [-0.05, 0) is 43.0 Å². The Labute approximate surface area is 111 Å². The van der Waals surface area contributed by atoms with Crippen LogP contribution in [-0.4, -0.2) is 10.8 Å². The number of H-pyrrole nitrogens is 1. The molecule has 0 saturated carbocycles. The Morgan fingerprint density at radius 2 is 1.89 bits per heavy atom. The Kier molecular flexibility index (Phi) is 2.75. The quantitative estimate of drug-likeness (QED) is 0.819. The Bertz CT molecular complexity index is 610. The van der Waals surface area contributed by atoms with Gasteiger partial charge in [0.15, 0.2) is 5.78 Å². The SMILES string of the molecule is Cc1[nH]c(-c2ccc(Cl)cc2)c2c1C(=O)CCC2. The molecule has 0 aliphatic heterocycles. The van der Waals surface area contributed by atoms with Crippen LogP contribution < -0.4 is 0 Å². The molecule has 1 aliphatic carbocycles. The molecule has 0 atom stereocenters.